The number of aromatic nitrogens is 5. The third-order valence-corrected chi connectivity index (χ3v) is 6.56. The molecule has 5 rings (SSSR count). The van der Waals surface area contributed by atoms with Gasteiger partial charge < -0.3 is 4.90 Å². The van der Waals surface area contributed by atoms with Crippen LogP contribution in [0.5, 0.6) is 0 Å². The second-order valence-corrected chi connectivity index (χ2v) is 8.62. The van der Waals surface area contributed by atoms with Gasteiger partial charge in [0.2, 0.25) is 0 Å². The molecular weight excluding hydrogens is 403 g/mol. The summed E-state index contributed by atoms with van der Waals surface area (Å²) in [5.74, 6) is 0.353. The van der Waals surface area contributed by atoms with Gasteiger partial charge in [-0.1, -0.05) is 17.4 Å². The van der Waals surface area contributed by atoms with Crippen molar-refractivity contribution >= 4 is 26.7 Å². The maximum absolute atomic E-state index is 14.0. The number of anilines is 1. The van der Waals surface area contributed by atoms with Crippen LogP contribution in [0.15, 0.2) is 41.2 Å². The van der Waals surface area contributed by atoms with E-state index in [4.69, 9.17) is 0 Å². The van der Waals surface area contributed by atoms with Gasteiger partial charge >= 0.3 is 0 Å². The summed E-state index contributed by atoms with van der Waals surface area (Å²) in [6, 6.07) is 10.3. The first kappa shape index (κ1) is 18.9. The average Bonchev–Trinajstić information content (AvgIpc) is 3.32. The largest absolute Gasteiger partial charge is 0.348 e. The highest BCUT2D eigenvalue weighted by Gasteiger charge is 2.25. The molecule has 0 saturated carbocycles. The highest BCUT2D eigenvalue weighted by molar-refractivity contribution is 7.22. The van der Waals surface area contributed by atoms with Crippen molar-refractivity contribution in [2.45, 2.75) is 32.7 Å². The molecule has 0 radical (unpaired) electrons. The first-order valence-corrected chi connectivity index (χ1v) is 10.7. The average molecular weight is 425 g/mol. The Balaban J connectivity index is 1.37. The summed E-state index contributed by atoms with van der Waals surface area (Å²) in [6.45, 7) is 5.38. The standard InChI is InChI=1S/C21H21FN6OS/c1-13-12-14(2)27(24-13)18-6-7-19(29)28(25-18)15-8-10-26(11-9-15)21-23-20-16(22)4-3-5-17(20)30-21/h3-7,12,15H,8-11H2,1-2H3. The molecule has 4 heterocycles. The lowest BCUT2D eigenvalue weighted by molar-refractivity contribution is 0.351. The van der Waals surface area contributed by atoms with E-state index in [0.29, 0.717) is 11.3 Å². The van der Waals surface area contributed by atoms with Crippen molar-refractivity contribution < 1.29 is 4.39 Å². The Kier molecular flexibility index (Phi) is 4.62. The second kappa shape index (κ2) is 7.32. The fourth-order valence-corrected chi connectivity index (χ4v) is 5.02. The number of nitrogens with zero attached hydrogens (tertiary/aromatic N) is 6. The number of benzene rings is 1. The molecule has 1 aliphatic rings. The predicted molar refractivity (Wildman–Crippen MR) is 115 cm³/mol. The topological polar surface area (TPSA) is 68.8 Å². The SMILES string of the molecule is Cc1cc(C)n(-c2ccc(=O)n(C3CCN(c4nc5c(F)cccc5s4)CC3)n2)n1. The van der Waals surface area contributed by atoms with Crippen molar-refractivity contribution in [3.63, 3.8) is 0 Å². The molecule has 0 atom stereocenters. The van der Waals surface area contributed by atoms with E-state index in [2.05, 4.69) is 20.1 Å². The number of halogens is 1. The number of rotatable bonds is 3. The lowest BCUT2D eigenvalue weighted by Crippen LogP contribution is -2.38. The Morgan fingerprint density at radius 2 is 1.90 bits per heavy atom. The summed E-state index contributed by atoms with van der Waals surface area (Å²) in [4.78, 5) is 19.2. The Bertz CT molecular complexity index is 1280. The van der Waals surface area contributed by atoms with Crippen molar-refractivity contribution in [3.8, 4) is 5.82 Å². The maximum Gasteiger partial charge on any atom is 0.267 e. The highest BCUT2D eigenvalue weighted by atomic mass is 32.1. The van der Waals surface area contributed by atoms with Crippen molar-refractivity contribution in [2.75, 3.05) is 18.0 Å². The molecule has 7 nitrogen and oxygen atoms in total. The summed E-state index contributed by atoms with van der Waals surface area (Å²) >= 11 is 1.50. The van der Waals surface area contributed by atoms with Crippen molar-refractivity contribution in [1.82, 2.24) is 24.5 Å². The van der Waals surface area contributed by atoms with Crippen LogP contribution in [0.4, 0.5) is 9.52 Å². The van der Waals surface area contributed by atoms with Crippen LogP contribution in [0.1, 0.15) is 30.3 Å². The Labute approximate surface area is 176 Å². The Morgan fingerprint density at radius 1 is 1.10 bits per heavy atom. The van der Waals surface area contributed by atoms with Gasteiger partial charge in [0.25, 0.3) is 5.56 Å². The summed E-state index contributed by atoms with van der Waals surface area (Å²) in [5.41, 5.74) is 2.20. The molecular formula is C21H21FN6OS. The maximum atomic E-state index is 14.0. The zero-order chi connectivity index (χ0) is 20.8. The van der Waals surface area contributed by atoms with Crippen LogP contribution < -0.4 is 10.5 Å². The van der Waals surface area contributed by atoms with Crippen molar-refractivity contribution in [1.29, 1.82) is 0 Å². The third kappa shape index (κ3) is 3.28. The van der Waals surface area contributed by atoms with Crippen LogP contribution in [-0.4, -0.2) is 37.6 Å². The molecule has 1 fully saturated rings. The minimum atomic E-state index is -0.290. The Morgan fingerprint density at radius 3 is 2.60 bits per heavy atom. The van der Waals surface area contributed by atoms with Gasteiger partial charge in [-0.05, 0) is 51.0 Å². The highest BCUT2D eigenvalue weighted by Crippen LogP contribution is 2.33. The quantitative estimate of drug-likeness (QED) is 0.502. The minimum Gasteiger partial charge on any atom is -0.348 e. The van der Waals surface area contributed by atoms with Crippen LogP contribution in [0, 0.1) is 19.7 Å². The molecule has 0 amide bonds. The number of hydrogen-bond donors (Lipinski definition) is 0. The molecule has 0 aliphatic carbocycles. The van der Waals surface area contributed by atoms with Crippen LogP contribution in [0.25, 0.3) is 16.0 Å². The van der Waals surface area contributed by atoms with E-state index in [1.165, 1.54) is 17.4 Å². The van der Waals surface area contributed by atoms with Crippen LogP contribution in [0.3, 0.4) is 0 Å². The van der Waals surface area contributed by atoms with E-state index in [1.807, 2.05) is 26.0 Å². The molecule has 9 heteroatoms. The minimum absolute atomic E-state index is 0.0109. The van der Waals surface area contributed by atoms with Gasteiger partial charge in [-0.15, -0.1) is 5.10 Å². The molecule has 4 aromatic rings. The van der Waals surface area contributed by atoms with Gasteiger partial charge in [0, 0.05) is 24.8 Å². The van der Waals surface area contributed by atoms with E-state index < -0.39 is 0 Å². The molecule has 30 heavy (non-hydrogen) atoms. The van der Waals surface area contributed by atoms with Gasteiger partial charge in [-0.3, -0.25) is 4.79 Å². The smallest absolute Gasteiger partial charge is 0.267 e. The summed E-state index contributed by atoms with van der Waals surface area (Å²) in [6.07, 6.45) is 1.54. The molecule has 1 aliphatic heterocycles. The number of para-hydroxylation sites is 1. The predicted octanol–water partition coefficient (Wildman–Crippen LogP) is 3.64. The van der Waals surface area contributed by atoms with E-state index in [1.54, 1.807) is 27.6 Å². The van der Waals surface area contributed by atoms with Gasteiger partial charge in [0.1, 0.15) is 11.3 Å². The van der Waals surface area contributed by atoms with E-state index >= 15 is 0 Å². The van der Waals surface area contributed by atoms with Gasteiger partial charge in [-0.25, -0.2) is 18.7 Å². The third-order valence-electron chi connectivity index (χ3n) is 5.48. The number of aryl methyl sites for hydroxylation is 2. The van der Waals surface area contributed by atoms with Gasteiger partial charge in [-0.2, -0.15) is 5.10 Å². The van der Waals surface area contributed by atoms with Crippen LogP contribution >= 0.6 is 11.3 Å². The second-order valence-electron chi connectivity index (χ2n) is 7.61. The molecule has 154 valence electrons. The molecule has 1 saturated heterocycles. The number of piperidine rings is 1. The van der Waals surface area contributed by atoms with Gasteiger partial charge in [0.15, 0.2) is 10.9 Å². The summed E-state index contributed by atoms with van der Waals surface area (Å²) in [7, 11) is 0. The van der Waals surface area contributed by atoms with Crippen LogP contribution in [0.2, 0.25) is 0 Å². The molecule has 0 bridgehead atoms. The summed E-state index contributed by atoms with van der Waals surface area (Å²) < 4.78 is 18.2. The zero-order valence-corrected chi connectivity index (χ0v) is 17.6. The van der Waals surface area contributed by atoms with Crippen LogP contribution in [-0.2, 0) is 0 Å². The van der Waals surface area contributed by atoms with E-state index in [9.17, 15) is 9.18 Å². The molecule has 3 aromatic heterocycles. The first-order chi connectivity index (χ1) is 14.5. The fraction of sp³-hybridized carbons (Fsp3) is 0.333. The Hall–Kier alpha value is -3.07. The van der Waals surface area contributed by atoms with Gasteiger partial charge in [0.05, 0.1) is 16.4 Å². The zero-order valence-electron chi connectivity index (χ0n) is 16.7. The monoisotopic (exact) mass is 424 g/mol. The number of fused-ring (bicyclic) bond motifs is 1. The molecule has 0 unspecified atom stereocenters. The van der Waals surface area contributed by atoms with Crippen molar-refractivity contribution in [3.05, 3.63) is 64.0 Å². The molecule has 0 N–H and O–H groups in total. The van der Waals surface area contributed by atoms with Crippen molar-refractivity contribution in [2.24, 2.45) is 0 Å². The number of hydrogen-bond acceptors (Lipinski definition) is 6. The van der Waals surface area contributed by atoms with E-state index in [-0.39, 0.29) is 17.4 Å². The molecule has 1 aromatic carbocycles. The normalized spacial score (nSPS) is 15.2. The number of thiazole rings is 1. The fourth-order valence-electron chi connectivity index (χ4n) is 3.99. The molecule has 0 spiro atoms. The first-order valence-electron chi connectivity index (χ1n) is 9.93. The lowest BCUT2D eigenvalue weighted by atomic mass is 10.1. The van der Waals surface area contributed by atoms with E-state index in [0.717, 1.165) is 47.2 Å². The lowest BCUT2D eigenvalue weighted by Gasteiger charge is -2.32. The summed E-state index contributed by atoms with van der Waals surface area (Å²) in [5, 5.41) is 9.90.